The number of hydrogen-bond donors (Lipinski definition) is 2. The Kier molecular flexibility index (Phi) is 9.13. The Morgan fingerprint density at radius 1 is 0.472 bits per heavy atom. The maximum atomic E-state index is 3.87. The number of benzene rings is 2. The van der Waals surface area contributed by atoms with Crippen molar-refractivity contribution in [1.82, 2.24) is 10.6 Å². The van der Waals surface area contributed by atoms with E-state index in [4.69, 9.17) is 0 Å². The molecule has 2 N–H and O–H groups in total. The van der Waals surface area contributed by atoms with Gasteiger partial charge in [0.2, 0.25) is 0 Å². The second-order valence-corrected chi connectivity index (χ2v) is 9.92. The summed E-state index contributed by atoms with van der Waals surface area (Å²) in [5.41, 5.74) is 14.1. The molecule has 36 heavy (non-hydrogen) atoms. The van der Waals surface area contributed by atoms with E-state index in [0.29, 0.717) is 0 Å². The summed E-state index contributed by atoms with van der Waals surface area (Å²) in [6.45, 7) is 17.3. The van der Waals surface area contributed by atoms with Gasteiger partial charge in [0.15, 0.2) is 0 Å². The van der Waals surface area contributed by atoms with Crippen LogP contribution in [-0.2, 0) is 0 Å². The molecule has 0 spiro atoms. The van der Waals surface area contributed by atoms with Crippen molar-refractivity contribution in [3.05, 3.63) is 141 Å². The van der Waals surface area contributed by atoms with Crippen LogP contribution in [0.1, 0.15) is 66.5 Å². The topological polar surface area (TPSA) is 24.1 Å². The van der Waals surface area contributed by atoms with E-state index in [2.05, 4.69) is 151 Å². The van der Waals surface area contributed by atoms with Crippen molar-refractivity contribution in [2.75, 3.05) is 0 Å². The average Bonchev–Trinajstić information content (AvgIpc) is 2.89. The lowest BCUT2D eigenvalue weighted by Crippen LogP contribution is -2.32. The van der Waals surface area contributed by atoms with Crippen LogP contribution in [0.25, 0.3) is 11.4 Å². The summed E-state index contributed by atoms with van der Waals surface area (Å²) in [5, 5.41) is 7.74. The Morgan fingerprint density at radius 2 is 0.806 bits per heavy atom. The van der Waals surface area contributed by atoms with Gasteiger partial charge >= 0.3 is 0 Å². The second kappa shape index (κ2) is 12.3. The zero-order valence-corrected chi connectivity index (χ0v) is 23.1. The van der Waals surface area contributed by atoms with Crippen LogP contribution in [0.5, 0.6) is 0 Å². The molecule has 2 aromatic rings. The standard InChI is InChI=1S/C34H40N2/c1-23(2)19-21-25(5)27(7)31-32(28(8)26(6)22-20-24(3)4)36-34(30-17-13-10-14-18-30)33(35-31)29-15-11-9-12-16-29/h9-22,35-36H,1-8H3/b25-21+,26-22+,31-27-,32-28-. The number of hydrogen-bond acceptors (Lipinski definition) is 2. The van der Waals surface area contributed by atoms with Crippen LogP contribution in [0.15, 0.2) is 130 Å². The van der Waals surface area contributed by atoms with Crippen molar-refractivity contribution >= 4 is 11.4 Å². The van der Waals surface area contributed by atoms with Gasteiger partial charge in [0.25, 0.3) is 0 Å². The van der Waals surface area contributed by atoms with E-state index in [1.807, 2.05) is 0 Å². The highest BCUT2D eigenvalue weighted by Crippen LogP contribution is 2.34. The number of nitrogens with one attached hydrogen (secondary N) is 2. The first-order valence-corrected chi connectivity index (χ1v) is 12.6. The minimum absolute atomic E-state index is 1.08. The monoisotopic (exact) mass is 476 g/mol. The molecule has 0 amide bonds. The molecule has 2 heteroatoms. The lowest BCUT2D eigenvalue weighted by Gasteiger charge is -2.32. The van der Waals surface area contributed by atoms with Crippen molar-refractivity contribution < 1.29 is 0 Å². The lowest BCUT2D eigenvalue weighted by molar-refractivity contribution is 0.912. The van der Waals surface area contributed by atoms with Crippen LogP contribution in [0, 0.1) is 0 Å². The molecule has 3 rings (SSSR count). The van der Waals surface area contributed by atoms with Crippen molar-refractivity contribution in [3.8, 4) is 0 Å². The zero-order valence-electron chi connectivity index (χ0n) is 23.1. The van der Waals surface area contributed by atoms with Gasteiger partial charge in [-0.25, -0.2) is 0 Å². The molecule has 0 atom stereocenters. The maximum absolute atomic E-state index is 3.87. The molecule has 2 aromatic carbocycles. The molecule has 1 aliphatic heterocycles. The third-order valence-electron chi connectivity index (χ3n) is 6.39. The van der Waals surface area contributed by atoms with Gasteiger partial charge in [-0.2, -0.15) is 0 Å². The minimum atomic E-state index is 1.08. The van der Waals surface area contributed by atoms with E-state index in [0.717, 1.165) is 33.9 Å². The molecule has 1 aliphatic rings. The van der Waals surface area contributed by atoms with Crippen molar-refractivity contribution in [3.63, 3.8) is 0 Å². The highest BCUT2D eigenvalue weighted by Gasteiger charge is 2.25. The Morgan fingerprint density at radius 3 is 1.11 bits per heavy atom. The van der Waals surface area contributed by atoms with E-state index in [1.54, 1.807) is 0 Å². The van der Waals surface area contributed by atoms with Gasteiger partial charge in [0, 0.05) is 11.1 Å². The average molecular weight is 477 g/mol. The van der Waals surface area contributed by atoms with E-state index in [1.165, 1.54) is 33.4 Å². The fraction of sp³-hybridized carbons (Fsp3) is 0.235. The fourth-order valence-electron chi connectivity index (χ4n) is 3.93. The Hall–Kier alpha value is -3.78. The molecule has 0 saturated heterocycles. The smallest absolute Gasteiger partial charge is 0.0703 e. The third-order valence-corrected chi connectivity index (χ3v) is 6.39. The molecule has 2 nitrogen and oxygen atoms in total. The van der Waals surface area contributed by atoms with Gasteiger partial charge in [-0.15, -0.1) is 0 Å². The summed E-state index contributed by atoms with van der Waals surface area (Å²) < 4.78 is 0. The molecule has 0 radical (unpaired) electrons. The van der Waals surface area contributed by atoms with Gasteiger partial charge in [-0.1, -0.05) is 96.1 Å². The summed E-state index contributed by atoms with van der Waals surface area (Å²) >= 11 is 0. The molecule has 0 fully saturated rings. The normalized spacial score (nSPS) is 17.1. The Labute approximate surface area is 218 Å². The van der Waals surface area contributed by atoms with Gasteiger partial charge < -0.3 is 10.6 Å². The predicted molar refractivity (Wildman–Crippen MR) is 158 cm³/mol. The zero-order chi connectivity index (χ0) is 26.2. The summed E-state index contributed by atoms with van der Waals surface area (Å²) in [6.07, 6.45) is 8.76. The van der Waals surface area contributed by atoms with Gasteiger partial charge in [0.05, 0.1) is 22.8 Å². The maximum Gasteiger partial charge on any atom is 0.0703 e. The van der Waals surface area contributed by atoms with E-state index < -0.39 is 0 Å². The number of allylic oxidation sites excluding steroid dienone is 10. The summed E-state index contributed by atoms with van der Waals surface area (Å²) in [5.74, 6) is 0. The Balaban J connectivity index is 2.33. The predicted octanol–water partition coefficient (Wildman–Crippen LogP) is 9.08. The van der Waals surface area contributed by atoms with Gasteiger partial charge in [-0.3, -0.25) is 0 Å². The molecule has 0 aliphatic carbocycles. The van der Waals surface area contributed by atoms with E-state index in [-0.39, 0.29) is 0 Å². The van der Waals surface area contributed by atoms with Gasteiger partial charge in [-0.05, 0) is 77.7 Å². The van der Waals surface area contributed by atoms with Crippen LogP contribution < -0.4 is 10.6 Å². The van der Waals surface area contributed by atoms with Crippen molar-refractivity contribution in [2.45, 2.75) is 55.4 Å². The van der Waals surface area contributed by atoms with Crippen LogP contribution in [0.2, 0.25) is 0 Å². The summed E-state index contributed by atoms with van der Waals surface area (Å²) in [6, 6.07) is 21.1. The molecular weight excluding hydrogens is 436 g/mol. The molecule has 0 bridgehead atoms. The first-order chi connectivity index (χ1) is 17.2. The first kappa shape index (κ1) is 26.8. The first-order valence-electron chi connectivity index (χ1n) is 12.6. The SMILES string of the molecule is CC(C)=C/C=C(C)/C(C)=C1\NC(c2ccccc2)=C(c2ccccc2)N\C1=C(C)/C(C)=C/C=C(C)C. The molecule has 0 saturated carbocycles. The number of rotatable bonds is 6. The third kappa shape index (κ3) is 6.66. The largest absolute Gasteiger partial charge is 0.351 e. The van der Waals surface area contributed by atoms with Crippen LogP contribution in [0.3, 0.4) is 0 Å². The summed E-state index contributed by atoms with van der Waals surface area (Å²) in [7, 11) is 0. The Bertz CT molecular complexity index is 1200. The van der Waals surface area contributed by atoms with Gasteiger partial charge in [0.1, 0.15) is 0 Å². The molecule has 0 unspecified atom stereocenters. The lowest BCUT2D eigenvalue weighted by atomic mass is 9.94. The molecule has 0 aromatic heterocycles. The van der Waals surface area contributed by atoms with E-state index in [9.17, 15) is 0 Å². The van der Waals surface area contributed by atoms with Crippen LogP contribution in [-0.4, -0.2) is 0 Å². The fourth-order valence-corrected chi connectivity index (χ4v) is 3.93. The minimum Gasteiger partial charge on any atom is -0.351 e. The van der Waals surface area contributed by atoms with Crippen molar-refractivity contribution in [1.29, 1.82) is 0 Å². The summed E-state index contributed by atoms with van der Waals surface area (Å²) in [4.78, 5) is 0. The quantitative estimate of drug-likeness (QED) is 0.406. The molecule has 186 valence electrons. The van der Waals surface area contributed by atoms with E-state index >= 15 is 0 Å². The van der Waals surface area contributed by atoms with Crippen LogP contribution >= 0.6 is 0 Å². The molecule has 1 heterocycles. The van der Waals surface area contributed by atoms with Crippen molar-refractivity contribution in [2.24, 2.45) is 0 Å². The van der Waals surface area contributed by atoms with Crippen LogP contribution in [0.4, 0.5) is 0 Å². The second-order valence-electron chi connectivity index (χ2n) is 9.92. The highest BCUT2D eigenvalue weighted by atomic mass is 15.1. The molecular formula is C34H40N2. The highest BCUT2D eigenvalue weighted by molar-refractivity contribution is 5.93.